The Morgan fingerprint density at radius 3 is 2.47 bits per heavy atom. The number of nitrogen functional groups attached to an aromatic ring is 1. The largest absolute Gasteiger partial charge is 0.384 e. The molecule has 1 rings (SSSR count). The second-order valence-corrected chi connectivity index (χ2v) is 5.30. The van der Waals surface area contributed by atoms with Crippen LogP contribution in [0.4, 0.5) is 14.6 Å². The third kappa shape index (κ3) is 2.54. The van der Waals surface area contributed by atoms with Crippen molar-refractivity contribution in [3.05, 3.63) is 17.2 Å². The van der Waals surface area contributed by atoms with Crippen molar-refractivity contribution in [2.45, 2.75) is 18.4 Å². The summed E-state index contributed by atoms with van der Waals surface area (Å²) in [5, 5.41) is -0.878. The van der Waals surface area contributed by atoms with Crippen molar-refractivity contribution in [2.75, 3.05) is 5.73 Å². The van der Waals surface area contributed by atoms with Gasteiger partial charge in [-0.05, 0) is 18.6 Å². The topological polar surface area (TPSA) is 73.0 Å². The first-order valence-corrected chi connectivity index (χ1v) is 6.04. The Kier molecular flexibility index (Phi) is 3.15. The van der Waals surface area contributed by atoms with Gasteiger partial charge in [0.25, 0.3) is 15.5 Å². The fourth-order valence-corrected chi connectivity index (χ4v) is 2.21. The van der Waals surface area contributed by atoms with E-state index in [9.17, 15) is 17.2 Å². The Labute approximate surface area is 89.5 Å². The molecule has 0 aliphatic heterocycles. The van der Waals surface area contributed by atoms with Gasteiger partial charge in [-0.3, -0.25) is 0 Å². The first kappa shape index (κ1) is 12.1. The lowest BCUT2D eigenvalue weighted by atomic mass is 10.1. The highest BCUT2D eigenvalue weighted by Gasteiger charge is 2.26. The summed E-state index contributed by atoms with van der Waals surface area (Å²) in [6, 6.07) is 1.16. The molecular weight excluding hydrogens is 250 g/mol. The lowest BCUT2D eigenvalue weighted by molar-refractivity contribution is 0.146. The quantitative estimate of drug-likeness (QED) is 0.820. The van der Waals surface area contributed by atoms with Crippen LogP contribution in [0, 0.1) is 6.92 Å². The number of aromatic nitrogens is 1. The van der Waals surface area contributed by atoms with Gasteiger partial charge in [0.2, 0.25) is 0 Å². The van der Waals surface area contributed by atoms with Gasteiger partial charge in [-0.2, -0.15) is 0 Å². The van der Waals surface area contributed by atoms with Crippen molar-refractivity contribution in [1.29, 1.82) is 0 Å². The third-order valence-corrected chi connectivity index (χ3v) is 2.91. The molecule has 0 radical (unpaired) electrons. The molecule has 0 aromatic carbocycles. The highest BCUT2D eigenvalue weighted by molar-refractivity contribution is 8.13. The molecule has 2 N–H and O–H groups in total. The van der Waals surface area contributed by atoms with Crippen LogP contribution in [-0.2, 0) is 9.05 Å². The van der Waals surface area contributed by atoms with Crippen LogP contribution in [-0.4, -0.2) is 13.4 Å². The highest BCUT2D eigenvalue weighted by atomic mass is 35.7. The molecule has 15 heavy (non-hydrogen) atoms. The summed E-state index contributed by atoms with van der Waals surface area (Å²) >= 11 is 0. The molecule has 0 fully saturated rings. The van der Waals surface area contributed by atoms with Crippen molar-refractivity contribution in [2.24, 2.45) is 0 Å². The summed E-state index contributed by atoms with van der Waals surface area (Å²) in [6.07, 6.45) is -2.97. The molecule has 0 spiro atoms. The first-order chi connectivity index (χ1) is 6.73. The molecule has 1 aromatic heterocycles. The molecule has 84 valence electrons. The normalized spacial score (nSPS) is 12.1. The van der Waals surface area contributed by atoms with Crippen LogP contribution >= 0.6 is 10.7 Å². The summed E-state index contributed by atoms with van der Waals surface area (Å²) in [7, 11) is 0.650. The van der Waals surface area contributed by atoms with Crippen LogP contribution in [0.15, 0.2) is 11.1 Å². The predicted molar refractivity (Wildman–Crippen MR) is 51.4 cm³/mol. The van der Waals surface area contributed by atoms with Crippen molar-refractivity contribution in [1.82, 2.24) is 4.98 Å². The number of hydrogen-bond acceptors (Lipinski definition) is 4. The summed E-state index contributed by atoms with van der Waals surface area (Å²) in [6.45, 7) is 1.31. The maximum absolute atomic E-state index is 12.5. The minimum Gasteiger partial charge on any atom is -0.384 e. The minimum absolute atomic E-state index is 0.0386. The van der Waals surface area contributed by atoms with Crippen LogP contribution in [0.2, 0.25) is 0 Å². The number of alkyl halides is 2. The zero-order chi connectivity index (χ0) is 11.8. The summed E-state index contributed by atoms with van der Waals surface area (Å²) in [4.78, 5) is 3.30. The Bertz CT molecular complexity index is 490. The smallest absolute Gasteiger partial charge is 0.279 e. The summed E-state index contributed by atoms with van der Waals surface area (Å²) < 4.78 is 47.0. The Hall–Kier alpha value is -0.950. The van der Waals surface area contributed by atoms with Gasteiger partial charge in [0.1, 0.15) is 5.82 Å². The van der Waals surface area contributed by atoms with E-state index in [1.807, 2.05) is 0 Å². The van der Waals surface area contributed by atoms with Gasteiger partial charge in [-0.1, -0.05) is 0 Å². The molecule has 0 aliphatic rings. The molecular formula is C7H7ClF2N2O2S. The monoisotopic (exact) mass is 256 g/mol. The molecule has 0 aliphatic carbocycles. The standard InChI is InChI=1S/C7H7ClF2N2O2S/c1-3-2-4(11)12-7(15(8,13)14)5(3)6(9)10/h2,6H,1H3,(H2,11,12). The Balaban J connectivity index is 3.62. The van der Waals surface area contributed by atoms with E-state index in [2.05, 4.69) is 4.98 Å². The Morgan fingerprint density at radius 1 is 1.53 bits per heavy atom. The summed E-state index contributed by atoms with van der Waals surface area (Å²) in [5.74, 6) is -0.170. The molecule has 0 unspecified atom stereocenters. The Morgan fingerprint density at radius 2 is 2.07 bits per heavy atom. The summed E-state index contributed by atoms with van der Waals surface area (Å²) in [5.41, 5.74) is 4.58. The number of aryl methyl sites for hydroxylation is 1. The van der Waals surface area contributed by atoms with E-state index in [0.717, 1.165) is 6.07 Å². The second-order valence-electron chi connectivity index (χ2n) is 2.82. The zero-order valence-corrected chi connectivity index (χ0v) is 9.11. The predicted octanol–water partition coefficient (Wildman–Crippen LogP) is 1.84. The van der Waals surface area contributed by atoms with Gasteiger partial charge in [0.15, 0.2) is 5.03 Å². The number of hydrogen-bond donors (Lipinski definition) is 1. The van der Waals surface area contributed by atoms with E-state index >= 15 is 0 Å². The van der Waals surface area contributed by atoms with Crippen molar-refractivity contribution in [3.8, 4) is 0 Å². The number of pyridine rings is 1. The number of halogens is 3. The number of nitrogens with two attached hydrogens (primary N) is 1. The van der Waals surface area contributed by atoms with Crippen LogP contribution in [0.1, 0.15) is 17.6 Å². The molecule has 1 aromatic rings. The average molecular weight is 257 g/mol. The first-order valence-electron chi connectivity index (χ1n) is 3.73. The molecule has 0 saturated heterocycles. The fourth-order valence-electron chi connectivity index (χ4n) is 1.13. The van der Waals surface area contributed by atoms with Crippen molar-refractivity contribution in [3.63, 3.8) is 0 Å². The van der Waals surface area contributed by atoms with E-state index in [1.54, 1.807) is 0 Å². The van der Waals surface area contributed by atoms with E-state index in [-0.39, 0.29) is 11.4 Å². The van der Waals surface area contributed by atoms with Crippen LogP contribution in [0.5, 0.6) is 0 Å². The van der Waals surface area contributed by atoms with Gasteiger partial charge < -0.3 is 5.73 Å². The molecule has 4 nitrogen and oxygen atoms in total. The van der Waals surface area contributed by atoms with E-state index in [4.69, 9.17) is 16.4 Å². The maximum atomic E-state index is 12.5. The van der Waals surface area contributed by atoms with Gasteiger partial charge >= 0.3 is 0 Å². The van der Waals surface area contributed by atoms with Crippen molar-refractivity contribution >= 4 is 25.6 Å². The molecule has 1 heterocycles. The highest BCUT2D eigenvalue weighted by Crippen LogP contribution is 2.31. The lowest BCUT2D eigenvalue weighted by Crippen LogP contribution is -2.07. The molecule has 0 atom stereocenters. The lowest BCUT2D eigenvalue weighted by Gasteiger charge is -2.09. The van der Waals surface area contributed by atoms with Crippen LogP contribution < -0.4 is 5.73 Å². The van der Waals surface area contributed by atoms with Crippen molar-refractivity contribution < 1.29 is 17.2 Å². The molecule has 0 amide bonds. The van der Waals surface area contributed by atoms with Gasteiger partial charge in [-0.15, -0.1) is 0 Å². The van der Waals surface area contributed by atoms with Gasteiger partial charge in [0, 0.05) is 10.7 Å². The molecule has 0 saturated carbocycles. The van der Waals surface area contributed by atoms with Gasteiger partial charge in [-0.25, -0.2) is 22.2 Å². The van der Waals surface area contributed by atoms with Gasteiger partial charge in [0.05, 0.1) is 5.56 Å². The van der Waals surface area contributed by atoms with Crippen LogP contribution in [0.25, 0.3) is 0 Å². The zero-order valence-electron chi connectivity index (χ0n) is 7.54. The number of rotatable bonds is 2. The number of nitrogens with zero attached hydrogens (tertiary/aromatic N) is 1. The minimum atomic E-state index is -4.32. The number of anilines is 1. The third-order valence-electron chi connectivity index (χ3n) is 1.70. The molecule has 8 heteroatoms. The fraction of sp³-hybridized carbons (Fsp3) is 0.286. The van der Waals surface area contributed by atoms with E-state index in [1.165, 1.54) is 6.92 Å². The maximum Gasteiger partial charge on any atom is 0.279 e. The molecule has 0 bridgehead atoms. The SMILES string of the molecule is Cc1cc(N)nc(S(=O)(=O)Cl)c1C(F)F. The van der Waals surface area contributed by atoms with E-state index in [0.29, 0.717) is 0 Å². The second kappa shape index (κ2) is 3.90. The van der Waals surface area contributed by atoms with E-state index < -0.39 is 26.1 Å². The van der Waals surface area contributed by atoms with Crippen LogP contribution in [0.3, 0.4) is 0 Å². The average Bonchev–Trinajstić information content (AvgIpc) is 1.99.